The fraction of sp³-hybridized carbons (Fsp3) is 0.588. The monoisotopic (exact) mass is 320 g/mol. The van der Waals surface area contributed by atoms with Crippen LogP contribution >= 0.6 is 0 Å². The zero-order chi connectivity index (χ0) is 15.9. The van der Waals surface area contributed by atoms with E-state index in [0.29, 0.717) is 0 Å². The van der Waals surface area contributed by atoms with Gasteiger partial charge in [-0.25, -0.2) is 0 Å². The van der Waals surface area contributed by atoms with Crippen LogP contribution in [0, 0.1) is 11.8 Å². The van der Waals surface area contributed by atoms with E-state index in [1.807, 2.05) is 32.9 Å². The maximum Gasteiger partial charge on any atom is 0.144 e. The molecular formula is C17H24N2O2S. The average Bonchev–Trinajstić information content (AvgIpc) is 3.09. The average molecular weight is 320 g/mol. The van der Waals surface area contributed by atoms with Gasteiger partial charge in [0, 0.05) is 30.4 Å². The molecule has 2 fully saturated rings. The predicted molar refractivity (Wildman–Crippen MR) is 92.3 cm³/mol. The van der Waals surface area contributed by atoms with Crippen LogP contribution in [0.25, 0.3) is 0 Å². The molecule has 0 aromatic heterocycles. The summed E-state index contributed by atoms with van der Waals surface area (Å²) in [6, 6.07) is 6.00. The van der Waals surface area contributed by atoms with Gasteiger partial charge in [0.15, 0.2) is 0 Å². The lowest BCUT2D eigenvalue weighted by molar-refractivity contribution is 0.415. The number of hydrogen-bond acceptors (Lipinski definition) is 4. The zero-order valence-electron chi connectivity index (χ0n) is 13.7. The lowest BCUT2D eigenvalue weighted by atomic mass is 10.1. The van der Waals surface area contributed by atoms with Crippen molar-refractivity contribution in [2.75, 3.05) is 25.1 Å². The molecule has 0 radical (unpaired) electrons. The second-order valence-corrected chi connectivity index (χ2v) is 9.12. The standard InChI is InChI=1S/C17H24N2O2S/c1-17(2,3)22(20)18-9-12-5-6-15(21-4)8-16(12)19-10-13-7-14(13)11-19/h5-6,8-9,13-14H,7,10-11H2,1-4H3. The van der Waals surface area contributed by atoms with E-state index in [1.54, 1.807) is 13.3 Å². The molecule has 3 rings (SSSR count). The Balaban J connectivity index is 1.84. The van der Waals surface area contributed by atoms with E-state index in [2.05, 4.69) is 15.4 Å². The van der Waals surface area contributed by atoms with Crippen LogP contribution in [0.15, 0.2) is 22.6 Å². The van der Waals surface area contributed by atoms with Crippen molar-refractivity contribution in [1.29, 1.82) is 0 Å². The van der Waals surface area contributed by atoms with Crippen molar-refractivity contribution in [2.24, 2.45) is 16.2 Å². The van der Waals surface area contributed by atoms with Crippen molar-refractivity contribution in [1.82, 2.24) is 0 Å². The molecular weight excluding hydrogens is 296 g/mol. The van der Waals surface area contributed by atoms with E-state index < -0.39 is 11.4 Å². The van der Waals surface area contributed by atoms with Gasteiger partial charge in [0.2, 0.25) is 0 Å². The fourth-order valence-corrected chi connectivity index (χ4v) is 3.42. The lowest BCUT2D eigenvalue weighted by Gasteiger charge is -2.23. The first kappa shape index (κ1) is 15.7. The summed E-state index contributed by atoms with van der Waals surface area (Å²) in [5.74, 6) is 2.57. The zero-order valence-corrected chi connectivity index (χ0v) is 14.5. The Morgan fingerprint density at radius 3 is 2.59 bits per heavy atom. The smallest absolute Gasteiger partial charge is 0.144 e. The van der Waals surface area contributed by atoms with Gasteiger partial charge < -0.3 is 14.2 Å². The molecule has 1 aliphatic heterocycles. The summed E-state index contributed by atoms with van der Waals surface area (Å²) in [7, 11) is 1.68. The van der Waals surface area contributed by atoms with Crippen LogP contribution in [0.5, 0.6) is 5.75 Å². The van der Waals surface area contributed by atoms with Crippen molar-refractivity contribution in [2.45, 2.75) is 31.9 Å². The number of methoxy groups -OCH3 is 1. The predicted octanol–water partition coefficient (Wildman–Crippen LogP) is 3.03. The molecule has 1 aromatic carbocycles. The van der Waals surface area contributed by atoms with Gasteiger partial charge in [0.05, 0.1) is 13.3 Å². The third kappa shape index (κ3) is 3.25. The highest BCUT2D eigenvalue weighted by Gasteiger charge is 2.45. The van der Waals surface area contributed by atoms with E-state index in [-0.39, 0.29) is 4.75 Å². The Kier molecular flexibility index (Phi) is 4.12. The summed E-state index contributed by atoms with van der Waals surface area (Å²) < 4.78 is 21.4. The molecule has 0 bridgehead atoms. The first-order valence-electron chi connectivity index (χ1n) is 7.77. The fourth-order valence-electron chi connectivity index (χ4n) is 2.89. The van der Waals surface area contributed by atoms with Crippen molar-refractivity contribution < 1.29 is 9.29 Å². The van der Waals surface area contributed by atoms with E-state index in [1.165, 1.54) is 6.42 Å². The van der Waals surface area contributed by atoms with Crippen LogP contribution in [0.2, 0.25) is 0 Å². The highest BCUT2D eigenvalue weighted by molar-refractivity contribution is 7.91. The molecule has 4 nitrogen and oxygen atoms in total. The highest BCUT2D eigenvalue weighted by Crippen LogP contribution is 2.47. The second kappa shape index (κ2) is 5.78. The maximum absolute atomic E-state index is 12.1. The number of ether oxygens (including phenoxy) is 1. The largest absolute Gasteiger partial charge is 0.591 e. The first-order valence-corrected chi connectivity index (χ1v) is 8.88. The molecule has 120 valence electrons. The van der Waals surface area contributed by atoms with Crippen molar-refractivity contribution in [3.63, 3.8) is 0 Å². The molecule has 0 amide bonds. The van der Waals surface area contributed by atoms with Crippen molar-refractivity contribution in [3.05, 3.63) is 23.8 Å². The van der Waals surface area contributed by atoms with Gasteiger partial charge in [-0.05, 0) is 51.2 Å². The number of benzene rings is 1. The number of anilines is 1. The number of nitrogens with zero attached hydrogens (tertiary/aromatic N) is 2. The van der Waals surface area contributed by atoms with Crippen LogP contribution in [0.4, 0.5) is 5.69 Å². The topological polar surface area (TPSA) is 47.9 Å². The summed E-state index contributed by atoms with van der Waals surface area (Å²) in [6.45, 7) is 8.03. The third-order valence-corrected chi connectivity index (χ3v) is 5.71. The molecule has 3 atom stereocenters. The summed E-state index contributed by atoms with van der Waals surface area (Å²) in [4.78, 5) is 2.41. The highest BCUT2D eigenvalue weighted by atomic mass is 32.2. The minimum Gasteiger partial charge on any atom is -0.591 e. The van der Waals surface area contributed by atoms with Gasteiger partial charge in [0.1, 0.15) is 21.9 Å². The molecule has 5 heteroatoms. The van der Waals surface area contributed by atoms with Gasteiger partial charge in [-0.1, -0.05) is 4.40 Å². The van der Waals surface area contributed by atoms with Crippen LogP contribution in [-0.2, 0) is 11.4 Å². The Morgan fingerprint density at radius 2 is 2.00 bits per heavy atom. The Bertz CT molecular complexity index is 573. The normalized spacial score (nSPS) is 25.4. The van der Waals surface area contributed by atoms with E-state index in [4.69, 9.17) is 4.74 Å². The van der Waals surface area contributed by atoms with Gasteiger partial charge in [-0.15, -0.1) is 0 Å². The Labute approximate surface area is 135 Å². The first-order chi connectivity index (χ1) is 10.4. The number of hydrogen-bond donors (Lipinski definition) is 0. The van der Waals surface area contributed by atoms with E-state index in [9.17, 15) is 4.55 Å². The van der Waals surface area contributed by atoms with Gasteiger partial charge in [0.25, 0.3) is 0 Å². The van der Waals surface area contributed by atoms with Gasteiger partial charge >= 0.3 is 0 Å². The number of fused-ring (bicyclic) bond motifs is 1. The minimum absolute atomic E-state index is 0.335. The van der Waals surface area contributed by atoms with E-state index >= 15 is 0 Å². The molecule has 1 heterocycles. The quantitative estimate of drug-likeness (QED) is 0.633. The SMILES string of the molecule is COc1ccc(C=N[S+]([O-])C(C)(C)C)c(N2CC3CC3C2)c1. The maximum atomic E-state index is 12.1. The molecule has 1 saturated heterocycles. The number of piperidine rings is 1. The molecule has 22 heavy (non-hydrogen) atoms. The van der Waals surface area contributed by atoms with Crippen LogP contribution in [-0.4, -0.2) is 35.7 Å². The van der Waals surface area contributed by atoms with Crippen LogP contribution in [0.3, 0.4) is 0 Å². The second-order valence-electron chi connectivity index (χ2n) is 7.18. The molecule has 3 unspecified atom stereocenters. The van der Waals surface area contributed by atoms with Crippen molar-refractivity contribution >= 4 is 23.3 Å². The summed E-state index contributed by atoms with van der Waals surface area (Å²) in [6.07, 6.45) is 3.12. The molecule has 1 aromatic rings. The number of rotatable bonds is 4. The Hall–Kier alpha value is -1.20. The lowest BCUT2D eigenvalue weighted by Crippen LogP contribution is -2.26. The van der Waals surface area contributed by atoms with Gasteiger partial charge in [-0.2, -0.15) is 0 Å². The summed E-state index contributed by atoms with van der Waals surface area (Å²) in [5, 5.41) is 0. The van der Waals surface area contributed by atoms with Crippen LogP contribution < -0.4 is 9.64 Å². The molecule has 0 spiro atoms. The molecule has 1 saturated carbocycles. The van der Waals surface area contributed by atoms with E-state index in [0.717, 1.165) is 41.9 Å². The third-order valence-electron chi connectivity index (χ3n) is 4.37. The summed E-state index contributed by atoms with van der Waals surface area (Å²) >= 11 is -1.23. The molecule has 1 aliphatic carbocycles. The summed E-state index contributed by atoms with van der Waals surface area (Å²) in [5.41, 5.74) is 2.15. The Morgan fingerprint density at radius 1 is 1.32 bits per heavy atom. The molecule has 2 aliphatic rings. The molecule has 0 N–H and O–H groups in total. The van der Waals surface area contributed by atoms with Crippen molar-refractivity contribution in [3.8, 4) is 5.75 Å². The van der Waals surface area contributed by atoms with Crippen LogP contribution in [0.1, 0.15) is 32.8 Å². The van der Waals surface area contributed by atoms with Gasteiger partial charge in [-0.3, -0.25) is 0 Å². The minimum atomic E-state index is -1.23.